The van der Waals surface area contributed by atoms with E-state index in [-0.39, 0.29) is 11.3 Å². The van der Waals surface area contributed by atoms with Gasteiger partial charge in [0.2, 0.25) is 0 Å². The van der Waals surface area contributed by atoms with E-state index < -0.39 is 5.97 Å². The molecule has 4 heteroatoms. The Kier molecular flexibility index (Phi) is 2.38. The first-order valence-electron chi connectivity index (χ1n) is 3.25. The highest BCUT2D eigenvalue weighted by Gasteiger charge is 2.10. The molecule has 0 spiro atoms. The van der Waals surface area contributed by atoms with E-state index in [4.69, 9.17) is 5.11 Å². The molecule has 0 aliphatic heterocycles. The highest BCUT2D eigenvalue weighted by atomic mass is 79.9. The Morgan fingerprint density at radius 1 is 1.50 bits per heavy atom. The van der Waals surface area contributed by atoms with Crippen LogP contribution in [0.5, 0.6) is 5.75 Å². The van der Waals surface area contributed by atoms with Crippen molar-refractivity contribution in [1.29, 1.82) is 0 Å². The summed E-state index contributed by atoms with van der Waals surface area (Å²) in [5.74, 6) is -1.06. The summed E-state index contributed by atoms with van der Waals surface area (Å²) >= 11 is 3.09. The molecule has 0 bridgehead atoms. The van der Waals surface area contributed by atoms with Gasteiger partial charge in [-0.3, -0.25) is 0 Å². The van der Waals surface area contributed by atoms with Crippen molar-refractivity contribution in [2.75, 3.05) is 0 Å². The van der Waals surface area contributed by atoms with E-state index in [0.717, 1.165) is 0 Å². The molecule has 1 aromatic carbocycles. The molecular weight excluding hydrogens is 224 g/mol. The van der Waals surface area contributed by atoms with E-state index in [1.165, 1.54) is 6.07 Å². The summed E-state index contributed by atoms with van der Waals surface area (Å²) in [4.78, 5) is 10.5. The maximum atomic E-state index is 10.5. The molecule has 0 saturated carbocycles. The molecule has 0 aliphatic carbocycles. The number of aromatic carboxylic acids is 1. The molecule has 0 fully saturated rings. The minimum Gasteiger partial charge on any atom is -0.508 e. The quantitative estimate of drug-likeness (QED) is 0.778. The Hall–Kier alpha value is -1.03. The van der Waals surface area contributed by atoms with Crippen molar-refractivity contribution in [3.8, 4) is 5.75 Å². The zero-order chi connectivity index (χ0) is 9.30. The average Bonchev–Trinajstić information content (AvgIpc) is 1.96. The first kappa shape index (κ1) is 9.06. The highest BCUT2D eigenvalue weighted by molar-refractivity contribution is 9.10. The Labute approximate surface area is 77.8 Å². The predicted molar refractivity (Wildman–Crippen MR) is 47.5 cm³/mol. The Balaban J connectivity index is 3.33. The zero-order valence-corrected chi connectivity index (χ0v) is 7.92. The molecular formula is C8H7BrO3. The van der Waals surface area contributed by atoms with Gasteiger partial charge in [0, 0.05) is 4.47 Å². The number of benzene rings is 1. The SMILES string of the molecule is Cc1cc(Br)c(C(=O)O)cc1O. The number of rotatable bonds is 1. The van der Waals surface area contributed by atoms with Gasteiger partial charge < -0.3 is 10.2 Å². The van der Waals surface area contributed by atoms with Gasteiger partial charge in [-0.15, -0.1) is 0 Å². The predicted octanol–water partition coefficient (Wildman–Crippen LogP) is 2.16. The lowest BCUT2D eigenvalue weighted by Crippen LogP contribution is -1.97. The summed E-state index contributed by atoms with van der Waals surface area (Å²) < 4.78 is 0.477. The van der Waals surface area contributed by atoms with Gasteiger partial charge >= 0.3 is 5.97 Å². The van der Waals surface area contributed by atoms with Crippen molar-refractivity contribution >= 4 is 21.9 Å². The molecule has 0 amide bonds. The normalized spacial score (nSPS) is 9.83. The van der Waals surface area contributed by atoms with Gasteiger partial charge in [0.05, 0.1) is 5.56 Å². The van der Waals surface area contributed by atoms with Crippen LogP contribution in [0.4, 0.5) is 0 Å². The fourth-order valence-electron chi connectivity index (χ4n) is 0.825. The van der Waals surface area contributed by atoms with Gasteiger partial charge in [-0.1, -0.05) is 0 Å². The lowest BCUT2D eigenvalue weighted by molar-refractivity contribution is 0.0695. The Bertz CT molecular complexity index is 333. The number of phenolic OH excluding ortho intramolecular Hbond substituents is 1. The lowest BCUT2D eigenvalue weighted by atomic mass is 10.1. The molecule has 0 radical (unpaired) electrons. The standard InChI is InChI=1S/C8H7BrO3/c1-4-2-6(9)5(8(11)12)3-7(4)10/h2-3,10H,1H3,(H,11,12). The molecule has 64 valence electrons. The van der Waals surface area contributed by atoms with Crippen LogP contribution in [0.15, 0.2) is 16.6 Å². The third-order valence-corrected chi connectivity index (χ3v) is 2.17. The van der Waals surface area contributed by atoms with E-state index in [0.29, 0.717) is 10.0 Å². The third-order valence-electron chi connectivity index (χ3n) is 1.52. The molecule has 0 saturated heterocycles. The van der Waals surface area contributed by atoms with Crippen LogP contribution in [0.3, 0.4) is 0 Å². The van der Waals surface area contributed by atoms with E-state index in [1.807, 2.05) is 0 Å². The number of hydrogen-bond acceptors (Lipinski definition) is 2. The van der Waals surface area contributed by atoms with E-state index in [9.17, 15) is 9.90 Å². The van der Waals surface area contributed by atoms with E-state index in [2.05, 4.69) is 15.9 Å². The molecule has 2 N–H and O–H groups in total. The molecule has 12 heavy (non-hydrogen) atoms. The number of halogens is 1. The second-order valence-electron chi connectivity index (χ2n) is 2.42. The van der Waals surface area contributed by atoms with Gasteiger partial charge in [0.1, 0.15) is 5.75 Å². The van der Waals surface area contributed by atoms with Crippen molar-refractivity contribution < 1.29 is 15.0 Å². The zero-order valence-electron chi connectivity index (χ0n) is 6.34. The minimum absolute atomic E-state index is 0.00407. The van der Waals surface area contributed by atoms with Crippen LogP contribution in [0.25, 0.3) is 0 Å². The van der Waals surface area contributed by atoms with Gasteiger partial charge in [-0.2, -0.15) is 0 Å². The number of aromatic hydroxyl groups is 1. The van der Waals surface area contributed by atoms with Crippen LogP contribution in [0.1, 0.15) is 15.9 Å². The second-order valence-corrected chi connectivity index (χ2v) is 3.28. The van der Waals surface area contributed by atoms with Crippen LogP contribution in [-0.2, 0) is 0 Å². The molecule has 0 aliphatic rings. The van der Waals surface area contributed by atoms with Crippen molar-refractivity contribution in [2.45, 2.75) is 6.92 Å². The van der Waals surface area contributed by atoms with Crippen molar-refractivity contribution in [1.82, 2.24) is 0 Å². The van der Waals surface area contributed by atoms with E-state index in [1.54, 1.807) is 13.0 Å². The van der Waals surface area contributed by atoms with Gasteiger partial charge in [-0.25, -0.2) is 4.79 Å². The molecule has 0 atom stereocenters. The van der Waals surface area contributed by atoms with Gasteiger partial charge in [-0.05, 0) is 40.5 Å². The fourth-order valence-corrected chi connectivity index (χ4v) is 1.45. The van der Waals surface area contributed by atoms with E-state index >= 15 is 0 Å². The van der Waals surface area contributed by atoms with Crippen molar-refractivity contribution in [3.05, 3.63) is 27.7 Å². The largest absolute Gasteiger partial charge is 0.508 e. The van der Waals surface area contributed by atoms with Crippen molar-refractivity contribution in [2.24, 2.45) is 0 Å². The van der Waals surface area contributed by atoms with Gasteiger partial charge in [0.15, 0.2) is 0 Å². The Morgan fingerprint density at radius 3 is 2.58 bits per heavy atom. The first-order chi connectivity index (χ1) is 5.52. The number of phenols is 1. The molecule has 0 heterocycles. The number of carboxylic acids is 1. The molecule has 0 aromatic heterocycles. The number of hydrogen-bond donors (Lipinski definition) is 2. The minimum atomic E-state index is -1.06. The van der Waals surface area contributed by atoms with Crippen molar-refractivity contribution in [3.63, 3.8) is 0 Å². The van der Waals surface area contributed by atoms with Gasteiger partial charge in [0.25, 0.3) is 0 Å². The summed E-state index contributed by atoms with van der Waals surface area (Å²) in [6.07, 6.45) is 0. The molecule has 0 unspecified atom stereocenters. The second kappa shape index (κ2) is 3.15. The van der Waals surface area contributed by atoms with Crippen LogP contribution in [0, 0.1) is 6.92 Å². The summed E-state index contributed by atoms with van der Waals surface area (Å²) in [6, 6.07) is 2.79. The topological polar surface area (TPSA) is 57.5 Å². The monoisotopic (exact) mass is 230 g/mol. The number of carboxylic acid groups (broad SMARTS) is 1. The lowest BCUT2D eigenvalue weighted by Gasteiger charge is -2.02. The molecule has 1 rings (SSSR count). The number of carbonyl (C=O) groups is 1. The van der Waals surface area contributed by atoms with Crippen LogP contribution in [-0.4, -0.2) is 16.2 Å². The van der Waals surface area contributed by atoms with Crippen LogP contribution in [0.2, 0.25) is 0 Å². The third kappa shape index (κ3) is 1.58. The van der Waals surface area contributed by atoms with Crippen LogP contribution >= 0.6 is 15.9 Å². The first-order valence-corrected chi connectivity index (χ1v) is 4.04. The molecule has 3 nitrogen and oxygen atoms in total. The molecule has 1 aromatic rings. The maximum Gasteiger partial charge on any atom is 0.336 e. The highest BCUT2D eigenvalue weighted by Crippen LogP contribution is 2.25. The summed E-state index contributed by atoms with van der Waals surface area (Å²) in [6.45, 7) is 1.70. The summed E-state index contributed by atoms with van der Waals surface area (Å²) in [5.41, 5.74) is 0.713. The average molecular weight is 231 g/mol. The maximum absolute atomic E-state index is 10.5. The Morgan fingerprint density at radius 2 is 2.08 bits per heavy atom. The summed E-state index contributed by atoms with van der Waals surface area (Å²) in [7, 11) is 0. The van der Waals surface area contributed by atoms with Crippen LogP contribution < -0.4 is 0 Å². The fraction of sp³-hybridized carbons (Fsp3) is 0.125. The summed E-state index contributed by atoms with van der Waals surface area (Å²) in [5, 5.41) is 17.8. The number of aryl methyl sites for hydroxylation is 1. The smallest absolute Gasteiger partial charge is 0.336 e.